The third kappa shape index (κ3) is 6.12. The van der Waals surface area contributed by atoms with Gasteiger partial charge in [-0.05, 0) is 17.7 Å². The Balaban J connectivity index is 2.92. The van der Waals surface area contributed by atoms with Crippen molar-refractivity contribution < 1.29 is 5.11 Å². The highest BCUT2D eigenvalue weighted by Gasteiger charge is 2.10. The summed E-state index contributed by atoms with van der Waals surface area (Å²) in [5, 5.41) is 10.2. The molecule has 0 radical (unpaired) electrons. The Hall–Kier alpha value is 0.377. The van der Waals surface area contributed by atoms with Gasteiger partial charge in [0.15, 0.2) is 0 Å². The minimum atomic E-state index is -0.721. The third-order valence-electron chi connectivity index (χ3n) is 2.72. The maximum absolute atomic E-state index is 10.2. The van der Waals surface area contributed by atoms with Gasteiger partial charge in [0.2, 0.25) is 0 Å². The first-order valence-electron chi connectivity index (χ1n) is 6.29. The predicted molar refractivity (Wildman–Crippen MR) is 82.6 cm³/mol. The zero-order valence-electron chi connectivity index (χ0n) is 11.1. The monoisotopic (exact) mass is 310 g/mol. The molecule has 10 N–H and O–H groups in total. The molecule has 0 aliphatic carbocycles. The first-order chi connectivity index (χ1) is 9.22. The Kier molecular flexibility index (Phi) is 9.31. The van der Waals surface area contributed by atoms with Crippen LogP contribution in [-0.4, -0.2) is 52.1 Å². The van der Waals surface area contributed by atoms with Crippen molar-refractivity contribution in [2.24, 2.45) is 14.2 Å². The van der Waals surface area contributed by atoms with Crippen LogP contribution in [0.5, 0.6) is 5.75 Å². The van der Waals surface area contributed by atoms with Gasteiger partial charge >= 0.3 is 47.0 Å². The second kappa shape index (κ2) is 10.2. The molecule has 1 aromatic carbocycles. The maximum Gasteiger partial charge on any atom is 0.454 e. The molecule has 19 heavy (non-hydrogen) atoms. The SMILES string of the molecule is [NH2][AlH][NH]Cc1cc(C[NH][AlH][NH2])c(O)c(C[NH][AlH][NH2])c1. The second-order valence-corrected chi connectivity index (χ2v) is 6.88. The van der Waals surface area contributed by atoms with Crippen molar-refractivity contribution in [2.75, 3.05) is 0 Å². The molecular weight excluding hydrogens is 289 g/mol. The average Bonchev–Trinajstić information content (AvgIpc) is 2.43. The van der Waals surface area contributed by atoms with Crippen LogP contribution in [0, 0.1) is 0 Å². The van der Waals surface area contributed by atoms with Crippen LogP contribution < -0.4 is 27.1 Å². The number of nitrogens with two attached hydrogens (primary N) is 3. The molecule has 0 saturated heterocycles. The molecular formula is C9H21Al3N6O. The molecule has 0 fully saturated rings. The molecule has 102 valence electrons. The van der Waals surface area contributed by atoms with Crippen LogP contribution in [0.2, 0.25) is 0 Å². The van der Waals surface area contributed by atoms with Crippen molar-refractivity contribution in [3.63, 3.8) is 0 Å². The highest BCUT2D eigenvalue weighted by Crippen LogP contribution is 2.24. The molecule has 0 bridgehead atoms. The van der Waals surface area contributed by atoms with Crippen LogP contribution in [0.15, 0.2) is 12.1 Å². The number of aromatic hydroxyl groups is 1. The van der Waals surface area contributed by atoms with E-state index in [0.717, 1.165) is 23.2 Å². The molecule has 0 spiro atoms. The lowest BCUT2D eigenvalue weighted by Gasteiger charge is -2.14. The minimum Gasteiger partial charge on any atom is -0.507 e. The summed E-state index contributed by atoms with van der Waals surface area (Å²) in [4.78, 5) is 0. The molecule has 0 heterocycles. The van der Waals surface area contributed by atoms with Gasteiger partial charge in [0.05, 0.1) is 0 Å². The Bertz CT molecular complexity index is 365. The maximum atomic E-state index is 10.2. The summed E-state index contributed by atoms with van der Waals surface area (Å²) in [6.07, 6.45) is 0. The third-order valence-corrected chi connectivity index (χ3v) is 4.34. The van der Waals surface area contributed by atoms with Gasteiger partial charge in [-0.15, -0.1) is 0 Å². The molecule has 0 aromatic heterocycles. The second-order valence-electron chi connectivity index (χ2n) is 4.16. The fourth-order valence-electron chi connectivity index (χ4n) is 1.83. The topological polar surface area (TPSA) is 134 Å². The number of phenols is 1. The van der Waals surface area contributed by atoms with E-state index in [1.165, 1.54) is 0 Å². The van der Waals surface area contributed by atoms with Gasteiger partial charge in [-0.3, -0.25) is 0 Å². The Labute approximate surface area is 133 Å². The van der Waals surface area contributed by atoms with Gasteiger partial charge in [0.25, 0.3) is 0 Å². The summed E-state index contributed by atoms with van der Waals surface area (Å²) in [6.45, 7) is 1.95. The quantitative estimate of drug-likeness (QED) is 0.234. The van der Waals surface area contributed by atoms with Gasteiger partial charge in [-0.25, -0.2) is 0 Å². The van der Waals surface area contributed by atoms with Crippen LogP contribution in [-0.2, 0) is 19.6 Å². The number of benzene rings is 1. The predicted octanol–water partition coefficient (Wildman–Crippen LogP) is -3.66. The van der Waals surface area contributed by atoms with E-state index in [0.29, 0.717) is 18.8 Å². The van der Waals surface area contributed by atoms with E-state index in [-0.39, 0.29) is 0 Å². The van der Waals surface area contributed by atoms with Crippen molar-refractivity contribution >= 4 is 47.0 Å². The van der Waals surface area contributed by atoms with Crippen LogP contribution in [0.4, 0.5) is 0 Å². The molecule has 1 rings (SSSR count). The molecule has 1 aromatic rings. The zero-order valence-corrected chi connectivity index (χ0v) is 15.3. The Morgan fingerprint density at radius 2 is 1.26 bits per heavy atom. The van der Waals surface area contributed by atoms with E-state index < -0.39 is 47.0 Å². The van der Waals surface area contributed by atoms with Gasteiger partial charge in [0, 0.05) is 30.8 Å². The van der Waals surface area contributed by atoms with Gasteiger partial charge in [-0.2, -0.15) is 0 Å². The smallest absolute Gasteiger partial charge is 0.454 e. The van der Waals surface area contributed by atoms with Crippen molar-refractivity contribution in [3.8, 4) is 5.75 Å². The standard InChI is InChI=1S/C9H12N3O.3Al.3H2N.3H/c10-3-6-1-7(4-11)9(13)8(2-6)5-12;;;;;;;;;/h1-2,10-13H,3-5H2;;;;3*1H2;;;/q-3;3*+2;3*-1;;;. The van der Waals surface area contributed by atoms with Crippen LogP contribution in [0.3, 0.4) is 0 Å². The van der Waals surface area contributed by atoms with Crippen LogP contribution in [0.25, 0.3) is 0 Å². The summed E-state index contributed by atoms with van der Waals surface area (Å²) in [7, 11) is 0. The van der Waals surface area contributed by atoms with Gasteiger partial charge in [-0.1, -0.05) is 0 Å². The Morgan fingerprint density at radius 3 is 1.68 bits per heavy atom. The van der Waals surface area contributed by atoms with Crippen molar-refractivity contribution in [1.29, 1.82) is 0 Å². The summed E-state index contributed by atoms with van der Waals surface area (Å²) < 4.78 is 26.2. The fraction of sp³-hybridized carbons (Fsp3) is 0.333. The van der Waals surface area contributed by atoms with Crippen molar-refractivity contribution in [1.82, 2.24) is 12.9 Å². The molecule has 10 heteroatoms. The molecule has 0 unspecified atom stereocenters. The van der Waals surface area contributed by atoms with E-state index in [1.54, 1.807) is 0 Å². The highest BCUT2D eigenvalue weighted by molar-refractivity contribution is 6.27. The first kappa shape index (κ1) is 17.4. The summed E-state index contributed by atoms with van der Waals surface area (Å²) in [6, 6.07) is 3.99. The molecule has 0 saturated carbocycles. The number of hydrogen-bond acceptors (Lipinski definition) is 7. The van der Waals surface area contributed by atoms with Gasteiger partial charge in [0.1, 0.15) is 5.75 Å². The summed E-state index contributed by atoms with van der Waals surface area (Å²) in [5.74, 6) is 0.332. The largest absolute Gasteiger partial charge is 0.507 e. The average molecular weight is 310 g/mol. The summed E-state index contributed by atoms with van der Waals surface area (Å²) in [5.41, 5.74) is 2.89. The first-order valence-corrected chi connectivity index (χ1v) is 10.9. The highest BCUT2D eigenvalue weighted by atomic mass is 27.1. The van der Waals surface area contributed by atoms with E-state index in [1.807, 2.05) is 12.1 Å². The molecule has 0 amide bonds. The van der Waals surface area contributed by atoms with Crippen LogP contribution >= 0.6 is 0 Å². The van der Waals surface area contributed by atoms with E-state index in [4.69, 9.17) is 14.2 Å². The molecule has 7 nitrogen and oxygen atoms in total. The molecule has 0 atom stereocenters. The van der Waals surface area contributed by atoms with Gasteiger partial charge < -0.3 is 32.2 Å². The zero-order chi connectivity index (χ0) is 14.1. The number of rotatable bonds is 9. The normalized spacial score (nSPS) is 10.3. The van der Waals surface area contributed by atoms with Crippen molar-refractivity contribution in [2.45, 2.75) is 19.6 Å². The summed E-state index contributed by atoms with van der Waals surface area (Å²) >= 11 is -2.11. The minimum absolute atomic E-state index is 0.332. The molecule has 0 aliphatic heterocycles. The Morgan fingerprint density at radius 1 is 0.842 bits per heavy atom. The van der Waals surface area contributed by atoms with E-state index >= 15 is 0 Å². The number of nitrogens with one attached hydrogen (secondary N) is 3. The van der Waals surface area contributed by atoms with E-state index in [9.17, 15) is 5.11 Å². The lowest BCUT2D eigenvalue weighted by atomic mass is 10.0. The molecule has 0 aliphatic rings. The number of hydrogen-bond donors (Lipinski definition) is 7. The number of phenolic OH excluding ortho intramolecular Hbond substituents is 1. The van der Waals surface area contributed by atoms with Crippen LogP contribution in [0.1, 0.15) is 16.7 Å². The van der Waals surface area contributed by atoms with E-state index in [2.05, 4.69) is 12.9 Å². The van der Waals surface area contributed by atoms with Crippen molar-refractivity contribution in [3.05, 3.63) is 28.8 Å². The fourth-order valence-corrected chi connectivity index (χ4v) is 3.09. The lowest BCUT2D eigenvalue weighted by Crippen LogP contribution is -2.28. The lowest BCUT2D eigenvalue weighted by molar-refractivity contribution is 0.459.